The van der Waals surface area contributed by atoms with E-state index in [0.717, 1.165) is 19.3 Å². The summed E-state index contributed by atoms with van der Waals surface area (Å²) in [6.07, 6.45) is 8.19. The van der Waals surface area contributed by atoms with Gasteiger partial charge in [-0.25, -0.2) is 4.98 Å². The molecule has 0 radical (unpaired) electrons. The van der Waals surface area contributed by atoms with Crippen LogP contribution in [0.5, 0.6) is 5.88 Å². The summed E-state index contributed by atoms with van der Waals surface area (Å²) in [5.74, 6) is 1.36. The van der Waals surface area contributed by atoms with Gasteiger partial charge in [-0.1, -0.05) is 13.8 Å². The van der Waals surface area contributed by atoms with Crippen LogP contribution in [0.25, 0.3) is 0 Å². The maximum absolute atomic E-state index is 12.1. The van der Waals surface area contributed by atoms with Gasteiger partial charge in [0.25, 0.3) is 0 Å². The van der Waals surface area contributed by atoms with E-state index >= 15 is 0 Å². The highest BCUT2D eigenvalue weighted by molar-refractivity contribution is 5.77. The lowest BCUT2D eigenvalue weighted by Gasteiger charge is -2.52. The first-order valence-corrected chi connectivity index (χ1v) is 8.41. The van der Waals surface area contributed by atoms with E-state index in [-0.39, 0.29) is 17.6 Å². The van der Waals surface area contributed by atoms with Crippen molar-refractivity contribution in [3.8, 4) is 5.88 Å². The molecule has 1 atom stereocenters. The second-order valence-corrected chi connectivity index (χ2v) is 6.99. The Morgan fingerprint density at radius 2 is 2.30 bits per heavy atom. The summed E-state index contributed by atoms with van der Waals surface area (Å²) in [7, 11) is 0. The number of carbonyl (C=O) groups excluding carboxylic acids is 1. The van der Waals surface area contributed by atoms with Crippen LogP contribution in [-0.4, -0.2) is 52.2 Å². The van der Waals surface area contributed by atoms with Crippen molar-refractivity contribution in [1.29, 1.82) is 0 Å². The number of hydrogen-bond donors (Lipinski definition) is 0. The predicted octanol–water partition coefficient (Wildman–Crippen LogP) is 2.05. The number of carbonyl (C=O) groups is 1. The van der Waals surface area contributed by atoms with E-state index in [4.69, 9.17) is 9.47 Å². The Morgan fingerprint density at radius 3 is 3.00 bits per heavy atom. The third kappa shape index (κ3) is 3.99. The zero-order valence-electron chi connectivity index (χ0n) is 13.9. The quantitative estimate of drug-likeness (QED) is 0.831. The van der Waals surface area contributed by atoms with Gasteiger partial charge in [-0.05, 0) is 12.3 Å². The number of hydrogen-bond acceptors (Lipinski definition) is 5. The third-order valence-corrected chi connectivity index (χ3v) is 4.52. The number of rotatable bonds is 5. The first kappa shape index (κ1) is 16.2. The van der Waals surface area contributed by atoms with Gasteiger partial charge in [0, 0.05) is 31.7 Å². The van der Waals surface area contributed by atoms with Crippen molar-refractivity contribution in [2.24, 2.45) is 5.92 Å². The summed E-state index contributed by atoms with van der Waals surface area (Å²) in [6.45, 7) is 6.32. The average Bonchev–Trinajstić information content (AvgIpc) is 2.51. The van der Waals surface area contributed by atoms with Gasteiger partial charge in [-0.15, -0.1) is 0 Å². The molecule has 6 heteroatoms. The van der Waals surface area contributed by atoms with Gasteiger partial charge < -0.3 is 14.4 Å². The molecule has 0 N–H and O–H groups in total. The zero-order valence-corrected chi connectivity index (χ0v) is 13.9. The molecule has 1 aromatic heterocycles. The molecular weight excluding hydrogens is 294 g/mol. The molecule has 2 aliphatic heterocycles. The number of aromatic nitrogens is 2. The van der Waals surface area contributed by atoms with Crippen molar-refractivity contribution in [3.63, 3.8) is 0 Å². The van der Waals surface area contributed by atoms with Crippen LogP contribution in [0.1, 0.15) is 39.5 Å². The van der Waals surface area contributed by atoms with E-state index in [1.807, 2.05) is 4.90 Å². The van der Waals surface area contributed by atoms with Crippen molar-refractivity contribution in [3.05, 3.63) is 18.6 Å². The molecule has 6 nitrogen and oxygen atoms in total. The monoisotopic (exact) mass is 319 g/mol. The SMILES string of the molecule is CC(C)CCC(=O)N1CC2(CC(Oc3cnccn3)CCO2)C1. The van der Waals surface area contributed by atoms with Gasteiger partial charge in [-0.2, -0.15) is 0 Å². The Morgan fingerprint density at radius 1 is 1.48 bits per heavy atom. The van der Waals surface area contributed by atoms with E-state index < -0.39 is 0 Å². The minimum atomic E-state index is -0.224. The van der Waals surface area contributed by atoms with Gasteiger partial charge in [-0.3, -0.25) is 9.78 Å². The fraction of sp³-hybridized carbons (Fsp3) is 0.706. The maximum Gasteiger partial charge on any atom is 0.232 e. The molecule has 0 aliphatic carbocycles. The van der Waals surface area contributed by atoms with Crippen LogP contribution in [0.4, 0.5) is 0 Å². The maximum atomic E-state index is 12.1. The summed E-state index contributed by atoms with van der Waals surface area (Å²) in [6, 6.07) is 0. The van der Waals surface area contributed by atoms with E-state index in [1.54, 1.807) is 18.6 Å². The Hall–Kier alpha value is -1.69. The first-order valence-electron chi connectivity index (χ1n) is 8.41. The van der Waals surface area contributed by atoms with Gasteiger partial charge in [0.15, 0.2) is 0 Å². The van der Waals surface area contributed by atoms with Crippen molar-refractivity contribution < 1.29 is 14.3 Å². The highest BCUT2D eigenvalue weighted by Gasteiger charge is 2.49. The largest absolute Gasteiger partial charge is 0.473 e. The van der Waals surface area contributed by atoms with E-state index in [1.165, 1.54) is 0 Å². The van der Waals surface area contributed by atoms with Crippen molar-refractivity contribution in [2.75, 3.05) is 19.7 Å². The Kier molecular flexibility index (Phi) is 4.80. The standard InChI is InChI=1S/C17H25N3O3/c1-13(2)3-4-16(21)20-11-17(12-20)9-14(5-8-22-17)23-15-10-18-6-7-19-15/h6-7,10,13-14H,3-5,8-9,11-12H2,1-2H3. The molecular formula is C17H25N3O3. The van der Waals surface area contributed by atoms with Gasteiger partial charge in [0.1, 0.15) is 11.7 Å². The van der Waals surface area contributed by atoms with Gasteiger partial charge in [0.2, 0.25) is 11.8 Å². The lowest BCUT2D eigenvalue weighted by atomic mass is 9.84. The highest BCUT2D eigenvalue weighted by Crippen LogP contribution is 2.36. The topological polar surface area (TPSA) is 64.6 Å². The molecule has 3 rings (SSSR count). The third-order valence-electron chi connectivity index (χ3n) is 4.52. The second-order valence-electron chi connectivity index (χ2n) is 6.99. The van der Waals surface area contributed by atoms with Crippen LogP contribution >= 0.6 is 0 Å². The Bertz CT molecular complexity index is 529. The minimum absolute atomic E-state index is 0.0772. The molecule has 1 spiro atoms. The van der Waals surface area contributed by atoms with E-state index in [2.05, 4.69) is 23.8 Å². The number of nitrogens with zero attached hydrogens (tertiary/aromatic N) is 3. The Labute approximate surface area is 137 Å². The summed E-state index contributed by atoms with van der Waals surface area (Å²) < 4.78 is 11.9. The molecule has 2 fully saturated rings. The molecule has 1 amide bonds. The lowest BCUT2D eigenvalue weighted by Crippen LogP contribution is -2.67. The summed E-state index contributed by atoms with van der Waals surface area (Å²) in [4.78, 5) is 22.2. The van der Waals surface area contributed by atoms with Crippen LogP contribution in [0.15, 0.2) is 18.6 Å². The molecule has 23 heavy (non-hydrogen) atoms. The van der Waals surface area contributed by atoms with Gasteiger partial charge >= 0.3 is 0 Å². The summed E-state index contributed by atoms with van der Waals surface area (Å²) in [5.41, 5.74) is -0.224. The Balaban J connectivity index is 1.49. The van der Waals surface area contributed by atoms with Crippen LogP contribution in [0, 0.1) is 5.92 Å². The summed E-state index contributed by atoms with van der Waals surface area (Å²) in [5, 5.41) is 0. The molecule has 0 saturated carbocycles. The fourth-order valence-electron chi connectivity index (χ4n) is 3.22. The summed E-state index contributed by atoms with van der Waals surface area (Å²) >= 11 is 0. The molecule has 2 aliphatic rings. The predicted molar refractivity (Wildman–Crippen MR) is 85.0 cm³/mol. The average molecular weight is 319 g/mol. The van der Waals surface area contributed by atoms with Crippen molar-refractivity contribution in [2.45, 2.75) is 51.2 Å². The molecule has 0 bridgehead atoms. The van der Waals surface area contributed by atoms with Crippen LogP contribution in [0.2, 0.25) is 0 Å². The fourth-order valence-corrected chi connectivity index (χ4v) is 3.22. The van der Waals surface area contributed by atoms with Crippen molar-refractivity contribution in [1.82, 2.24) is 14.9 Å². The smallest absolute Gasteiger partial charge is 0.232 e. The zero-order chi connectivity index (χ0) is 16.3. The minimum Gasteiger partial charge on any atom is -0.473 e. The second kappa shape index (κ2) is 6.83. The van der Waals surface area contributed by atoms with Gasteiger partial charge in [0.05, 0.1) is 25.9 Å². The molecule has 2 saturated heterocycles. The molecule has 126 valence electrons. The van der Waals surface area contributed by atoms with Crippen LogP contribution < -0.4 is 4.74 Å². The highest BCUT2D eigenvalue weighted by atomic mass is 16.5. The first-order chi connectivity index (χ1) is 11.1. The number of likely N-dealkylation sites (tertiary alicyclic amines) is 1. The van der Waals surface area contributed by atoms with E-state index in [0.29, 0.717) is 37.9 Å². The van der Waals surface area contributed by atoms with Crippen molar-refractivity contribution >= 4 is 5.91 Å². The molecule has 1 unspecified atom stereocenters. The van der Waals surface area contributed by atoms with E-state index in [9.17, 15) is 4.79 Å². The molecule has 3 heterocycles. The van der Waals surface area contributed by atoms with Crippen LogP contribution in [0.3, 0.4) is 0 Å². The lowest BCUT2D eigenvalue weighted by molar-refractivity contribution is -0.193. The molecule has 0 aromatic carbocycles. The molecule has 1 aromatic rings. The van der Waals surface area contributed by atoms with Crippen LogP contribution in [-0.2, 0) is 9.53 Å². The number of ether oxygens (including phenoxy) is 2. The number of amides is 1. The normalized spacial score (nSPS) is 22.9.